The summed E-state index contributed by atoms with van der Waals surface area (Å²) in [7, 11) is 1.53. The maximum atomic E-state index is 11.6. The van der Waals surface area contributed by atoms with Crippen molar-refractivity contribution in [3.8, 4) is 0 Å². The predicted molar refractivity (Wildman–Crippen MR) is 32.2 cm³/mol. The summed E-state index contributed by atoms with van der Waals surface area (Å²) in [5.41, 5.74) is 0. The van der Waals surface area contributed by atoms with Crippen LogP contribution in [-0.2, 0) is 4.74 Å². The minimum absolute atomic E-state index is 0.155. The van der Waals surface area contributed by atoms with Crippen LogP contribution in [0.5, 0.6) is 0 Å². The second kappa shape index (κ2) is 2.64. The molecule has 0 amide bonds. The maximum Gasteiger partial charge on any atom is 0.574 e. The van der Waals surface area contributed by atoms with E-state index in [0.29, 0.717) is 6.54 Å². The van der Waals surface area contributed by atoms with Gasteiger partial charge in [0.15, 0.2) is 5.88 Å². The summed E-state index contributed by atoms with van der Waals surface area (Å²) >= 11 is 0. The van der Waals surface area contributed by atoms with Crippen LogP contribution in [0.1, 0.15) is 0 Å². The topological polar surface area (TPSA) is 12.5 Å². The fourth-order valence-corrected chi connectivity index (χ4v) is 0.759. The average molecular weight is 166 g/mol. The molecule has 1 aliphatic heterocycles. The number of nitrogens with zero attached hydrogens (tertiary/aromatic N) is 1. The summed E-state index contributed by atoms with van der Waals surface area (Å²) in [6, 6.07) is 0. The first-order chi connectivity index (χ1) is 4.99. The zero-order valence-electron chi connectivity index (χ0n) is 5.85. The Labute approximate surface area is 62.2 Å². The Kier molecular flexibility index (Phi) is 1.97. The molecule has 1 heterocycles. The van der Waals surface area contributed by atoms with E-state index in [1.54, 1.807) is 6.42 Å². The highest BCUT2D eigenvalue weighted by atomic mass is 19.4. The molecule has 0 aromatic rings. The van der Waals surface area contributed by atoms with Crippen molar-refractivity contribution in [2.75, 3.05) is 13.6 Å². The van der Waals surface area contributed by atoms with Crippen LogP contribution in [-0.4, -0.2) is 24.9 Å². The van der Waals surface area contributed by atoms with Gasteiger partial charge < -0.3 is 9.64 Å². The standard InChI is InChI=1S/C6H7F3NO/c1-10-4-2-3-5(10)11-6(7,8)9/h2-3H,4H2,1H3. The van der Waals surface area contributed by atoms with Gasteiger partial charge in [-0.05, 0) is 6.08 Å². The van der Waals surface area contributed by atoms with Crippen molar-refractivity contribution in [1.29, 1.82) is 0 Å². The molecule has 5 heteroatoms. The van der Waals surface area contributed by atoms with Gasteiger partial charge in [0, 0.05) is 20.0 Å². The Morgan fingerprint density at radius 3 is 2.55 bits per heavy atom. The maximum absolute atomic E-state index is 11.6. The van der Waals surface area contributed by atoms with Crippen LogP contribution in [0.25, 0.3) is 0 Å². The quantitative estimate of drug-likeness (QED) is 0.585. The molecular formula is C6H7F3NO. The molecule has 0 aromatic heterocycles. The molecule has 0 saturated carbocycles. The molecule has 11 heavy (non-hydrogen) atoms. The van der Waals surface area contributed by atoms with E-state index in [4.69, 9.17) is 0 Å². The molecule has 1 rings (SSSR count). The summed E-state index contributed by atoms with van der Waals surface area (Å²) in [6.45, 7) is 0.464. The third-order valence-electron chi connectivity index (χ3n) is 1.24. The van der Waals surface area contributed by atoms with Crippen molar-refractivity contribution >= 4 is 0 Å². The minimum Gasteiger partial charge on any atom is -0.390 e. The number of hydrogen-bond acceptors (Lipinski definition) is 2. The van der Waals surface area contributed by atoms with Crippen LogP contribution >= 0.6 is 0 Å². The first-order valence-electron chi connectivity index (χ1n) is 2.99. The summed E-state index contributed by atoms with van der Waals surface area (Å²) < 4.78 is 38.4. The number of hydrogen-bond donors (Lipinski definition) is 0. The van der Waals surface area contributed by atoms with Crippen LogP contribution in [0, 0.1) is 6.42 Å². The monoisotopic (exact) mass is 166 g/mol. The van der Waals surface area contributed by atoms with Gasteiger partial charge in [0.05, 0.1) is 0 Å². The van der Waals surface area contributed by atoms with Crippen LogP contribution in [0.3, 0.4) is 0 Å². The summed E-state index contributed by atoms with van der Waals surface area (Å²) in [5, 5.41) is 0. The van der Waals surface area contributed by atoms with Gasteiger partial charge in [-0.2, -0.15) is 0 Å². The zero-order valence-corrected chi connectivity index (χ0v) is 5.85. The molecule has 0 fully saturated rings. The minimum atomic E-state index is -4.59. The summed E-state index contributed by atoms with van der Waals surface area (Å²) in [5.74, 6) is -0.155. The molecule has 0 saturated heterocycles. The van der Waals surface area contributed by atoms with Crippen LogP contribution < -0.4 is 0 Å². The van der Waals surface area contributed by atoms with Crippen molar-refractivity contribution in [3.63, 3.8) is 0 Å². The van der Waals surface area contributed by atoms with Gasteiger partial charge in [0.2, 0.25) is 0 Å². The highest BCUT2D eigenvalue weighted by Crippen LogP contribution is 2.24. The molecule has 63 valence electrons. The second-order valence-corrected chi connectivity index (χ2v) is 2.17. The molecule has 1 radical (unpaired) electrons. The second-order valence-electron chi connectivity index (χ2n) is 2.17. The van der Waals surface area contributed by atoms with Crippen LogP contribution in [0.4, 0.5) is 13.2 Å². The molecule has 0 spiro atoms. The van der Waals surface area contributed by atoms with Crippen LogP contribution in [0.15, 0.2) is 12.0 Å². The number of halogens is 3. The van der Waals surface area contributed by atoms with E-state index in [2.05, 4.69) is 4.74 Å². The average Bonchev–Trinajstić information content (AvgIpc) is 2.12. The SMILES string of the molecule is CN1C[CH]C=C1OC(F)(F)F. The van der Waals surface area contributed by atoms with Gasteiger partial charge in [-0.25, -0.2) is 0 Å². The molecule has 0 unspecified atom stereocenters. The number of alkyl halides is 3. The first-order valence-corrected chi connectivity index (χ1v) is 2.99. The fraction of sp³-hybridized carbons (Fsp3) is 0.500. The highest BCUT2D eigenvalue weighted by molar-refractivity contribution is 5.10. The molecule has 0 atom stereocenters. The van der Waals surface area contributed by atoms with Gasteiger partial charge in [-0.15, -0.1) is 13.2 Å². The van der Waals surface area contributed by atoms with Gasteiger partial charge >= 0.3 is 6.36 Å². The van der Waals surface area contributed by atoms with Crippen molar-refractivity contribution in [3.05, 3.63) is 18.4 Å². The molecule has 0 aromatic carbocycles. The van der Waals surface area contributed by atoms with Gasteiger partial charge in [-0.3, -0.25) is 0 Å². The largest absolute Gasteiger partial charge is 0.574 e. The lowest BCUT2D eigenvalue weighted by atomic mass is 10.5. The Morgan fingerprint density at radius 1 is 1.55 bits per heavy atom. The van der Waals surface area contributed by atoms with Crippen LogP contribution in [0.2, 0.25) is 0 Å². The number of ether oxygens (including phenoxy) is 1. The smallest absolute Gasteiger partial charge is 0.390 e. The molecule has 0 bridgehead atoms. The van der Waals surface area contributed by atoms with E-state index >= 15 is 0 Å². The fourth-order valence-electron chi connectivity index (χ4n) is 0.759. The van der Waals surface area contributed by atoms with Crippen molar-refractivity contribution in [2.24, 2.45) is 0 Å². The summed E-state index contributed by atoms with van der Waals surface area (Å²) in [4.78, 5) is 1.37. The Bertz CT molecular complexity index is 175. The Balaban J connectivity index is 2.49. The van der Waals surface area contributed by atoms with E-state index < -0.39 is 6.36 Å². The predicted octanol–water partition coefficient (Wildman–Crippen LogP) is 1.51. The normalized spacial score (nSPS) is 18.5. The van der Waals surface area contributed by atoms with Crippen molar-refractivity contribution in [1.82, 2.24) is 4.90 Å². The van der Waals surface area contributed by atoms with Gasteiger partial charge in [0.25, 0.3) is 0 Å². The van der Waals surface area contributed by atoms with E-state index in [1.165, 1.54) is 18.0 Å². The molecule has 2 nitrogen and oxygen atoms in total. The van der Waals surface area contributed by atoms with E-state index in [1.807, 2.05) is 0 Å². The lowest BCUT2D eigenvalue weighted by Crippen LogP contribution is -2.22. The van der Waals surface area contributed by atoms with Crippen molar-refractivity contribution in [2.45, 2.75) is 6.36 Å². The Hall–Kier alpha value is -0.870. The lowest BCUT2D eigenvalue weighted by Gasteiger charge is -2.17. The molecule has 0 aliphatic carbocycles. The Morgan fingerprint density at radius 2 is 2.18 bits per heavy atom. The third-order valence-corrected chi connectivity index (χ3v) is 1.24. The van der Waals surface area contributed by atoms with E-state index in [9.17, 15) is 13.2 Å². The summed E-state index contributed by atoms with van der Waals surface area (Å²) in [6.07, 6.45) is -1.69. The lowest BCUT2D eigenvalue weighted by molar-refractivity contribution is -0.312. The molecule has 1 aliphatic rings. The molecule has 0 N–H and O–H groups in total. The molecular weight excluding hydrogens is 159 g/mol. The van der Waals surface area contributed by atoms with E-state index in [0.717, 1.165) is 0 Å². The third kappa shape index (κ3) is 2.32. The highest BCUT2D eigenvalue weighted by Gasteiger charge is 2.34. The van der Waals surface area contributed by atoms with Gasteiger partial charge in [0.1, 0.15) is 0 Å². The number of rotatable bonds is 1. The van der Waals surface area contributed by atoms with Gasteiger partial charge in [-0.1, -0.05) is 0 Å². The zero-order chi connectivity index (χ0) is 8.48. The first kappa shape index (κ1) is 8.23. The van der Waals surface area contributed by atoms with E-state index in [-0.39, 0.29) is 5.88 Å². The van der Waals surface area contributed by atoms with Crippen molar-refractivity contribution < 1.29 is 17.9 Å².